The molecular weight excluding hydrogens is 163 g/mol. The molecular formula is C12H7F. The van der Waals surface area contributed by atoms with Gasteiger partial charge >= 0.3 is 0 Å². The fourth-order valence-corrected chi connectivity index (χ4v) is 1.32. The maximum Gasteiger partial charge on any atom is 0.111 e. The Labute approximate surface area is 76.0 Å². The largest absolute Gasteiger partial charge is 0.144 e. The van der Waals surface area contributed by atoms with Gasteiger partial charge in [-0.1, -0.05) is 30.3 Å². The van der Waals surface area contributed by atoms with E-state index in [2.05, 4.69) is 5.92 Å². The van der Waals surface area contributed by atoms with Gasteiger partial charge in [0.1, 0.15) is 6.17 Å². The lowest BCUT2D eigenvalue weighted by molar-refractivity contribution is 0.774. The first-order valence-electron chi connectivity index (χ1n) is 4.00. The van der Waals surface area contributed by atoms with E-state index in [0.29, 0.717) is 5.56 Å². The molecule has 0 N–H and O–H groups in total. The molecule has 0 heterocycles. The summed E-state index contributed by atoms with van der Waals surface area (Å²) in [7, 11) is 0. The topological polar surface area (TPSA) is 0 Å². The number of hydrogen-bond donors (Lipinski definition) is 0. The van der Waals surface area contributed by atoms with Crippen molar-refractivity contribution >= 4 is 10.8 Å². The van der Waals surface area contributed by atoms with E-state index in [9.17, 15) is 4.39 Å². The van der Waals surface area contributed by atoms with Crippen molar-refractivity contribution in [3.63, 3.8) is 0 Å². The van der Waals surface area contributed by atoms with Crippen molar-refractivity contribution in [3.05, 3.63) is 48.0 Å². The molecule has 62 valence electrons. The second kappa shape index (κ2) is 3.28. The van der Waals surface area contributed by atoms with E-state index in [1.165, 1.54) is 6.17 Å². The number of halogens is 1. The van der Waals surface area contributed by atoms with Crippen LogP contribution in [0.5, 0.6) is 0 Å². The molecule has 0 spiro atoms. The summed E-state index contributed by atoms with van der Waals surface area (Å²) < 4.78 is 11.7. The molecule has 13 heavy (non-hydrogen) atoms. The molecule has 0 saturated carbocycles. The molecule has 2 aromatic rings. The molecule has 0 fully saturated rings. The van der Waals surface area contributed by atoms with Crippen LogP contribution in [-0.2, 0) is 0 Å². The molecule has 0 radical (unpaired) electrons. The van der Waals surface area contributed by atoms with Crippen molar-refractivity contribution < 1.29 is 4.39 Å². The van der Waals surface area contributed by atoms with Crippen LogP contribution in [0.4, 0.5) is 4.39 Å². The van der Waals surface area contributed by atoms with Crippen molar-refractivity contribution in [1.82, 2.24) is 0 Å². The van der Waals surface area contributed by atoms with Crippen LogP contribution >= 0.6 is 0 Å². The summed E-state index contributed by atoms with van der Waals surface area (Å²) >= 11 is 0. The molecule has 0 nitrogen and oxygen atoms in total. The normalized spacial score (nSPS) is 9.31. The predicted molar refractivity (Wildman–Crippen MR) is 51.9 cm³/mol. The van der Waals surface area contributed by atoms with E-state index in [0.717, 1.165) is 10.8 Å². The van der Waals surface area contributed by atoms with Crippen LogP contribution in [0.25, 0.3) is 10.8 Å². The first-order valence-corrected chi connectivity index (χ1v) is 4.00. The highest BCUT2D eigenvalue weighted by Gasteiger charge is 1.92. The lowest BCUT2D eigenvalue weighted by Crippen LogP contribution is -1.75. The highest BCUT2D eigenvalue weighted by Crippen LogP contribution is 2.14. The minimum atomic E-state index is 0.709. The molecule has 0 aromatic heterocycles. The average molecular weight is 170 g/mol. The number of rotatable bonds is 0. The fraction of sp³-hybridized carbons (Fsp3) is 0. The summed E-state index contributed by atoms with van der Waals surface area (Å²) in [6.07, 6.45) is 1.40. The van der Waals surface area contributed by atoms with Crippen LogP contribution in [-0.4, -0.2) is 0 Å². The number of hydrogen-bond acceptors (Lipinski definition) is 0. The SMILES string of the molecule is FC#Cc1ccc2ccccc2c1. The summed E-state index contributed by atoms with van der Waals surface area (Å²) in [6, 6.07) is 13.6. The lowest BCUT2D eigenvalue weighted by atomic mass is 10.1. The van der Waals surface area contributed by atoms with Crippen LogP contribution in [0.2, 0.25) is 0 Å². The second-order valence-electron chi connectivity index (χ2n) is 2.78. The van der Waals surface area contributed by atoms with Crippen LogP contribution in [0, 0.1) is 12.1 Å². The maximum absolute atomic E-state index is 11.7. The molecule has 0 unspecified atom stereocenters. The monoisotopic (exact) mass is 170 g/mol. The maximum atomic E-state index is 11.7. The third-order valence-electron chi connectivity index (χ3n) is 1.94. The first kappa shape index (κ1) is 7.82. The Kier molecular flexibility index (Phi) is 1.97. The standard InChI is InChI=1S/C12H7F/c13-8-7-10-5-6-11-3-1-2-4-12(11)9-10/h1-6,9H. The van der Waals surface area contributed by atoms with Crippen molar-refractivity contribution in [2.45, 2.75) is 0 Å². The van der Waals surface area contributed by atoms with Crippen molar-refractivity contribution in [2.75, 3.05) is 0 Å². The fourth-order valence-electron chi connectivity index (χ4n) is 1.32. The number of benzene rings is 2. The van der Waals surface area contributed by atoms with Gasteiger partial charge in [-0.3, -0.25) is 0 Å². The van der Waals surface area contributed by atoms with E-state index in [4.69, 9.17) is 0 Å². The van der Waals surface area contributed by atoms with Gasteiger partial charge in [0.15, 0.2) is 0 Å². The molecule has 0 saturated heterocycles. The van der Waals surface area contributed by atoms with Crippen LogP contribution in [0.1, 0.15) is 5.56 Å². The molecule has 0 amide bonds. The quantitative estimate of drug-likeness (QED) is 0.533. The molecule has 0 aliphatic heterocycles. The Hall–Kier alpha value is -1.81. The minimum absolute atomic E-state index is 0.709. The van der Waals surface area contributed by atoms with E-state index in [1.807, 2.05) is 42.5 Å². The van der Waals surface area contributed by atoms with Gasteiger partial charge in [-0.2, -0.15) is 0 Å². The zero-order valence-corrected chi connectivity index (χ0v) is 6.92. The Bertz CT molecular complexity index is 489. The van der Waals surface area contributed by atoms with Crippen LogP contribution in [0.15, 0.2) is 42.5 Å². The summed E-state index contributed by atoms with van der Waals surface area (Å²) in [5.41, 5.74) is 0.709. The van der Waals surface area contributed by atoms with Crippen molar-refractivity contribution in [3.8, 4) is 12.1 Å². The van der Waals surface area contributed by atoms with E-state index in [1.54, 1.807) is 0 Å². The van der Waals surface area contributed by atoms with Gasteiger partial charge in [0, 0.05) is 5.56 Å². The highest BCUT2D eigenvalue weighted by molar-refractivity contribution is 5.83. The van der Waals surface area contributed by atoms with Gasteiger partial charge < -0.3 is 0 Å². The van der Waals surface area contributed by atoms with Crippen molar-refractivity contribution in [2.24, 2.45) is 0 Å². The smallest absolute Gasteiger partial charge is 0.111 e. The second-order valence-corrected chi connectivity index (χ2v) is 2.78. The van der Waals surface area contributed by atoms with Gasteiger partial charge in [0.25, 0.3) is 0 Å². The molecule has 1 heteroatoms. The van der Waals surface area contributed by atoms with E-state index >= 15 is 0 Å². The average Bonchev–Trinajstić information content (AvgIpc) is 2.18. The molecule has 0 atom stereocenters. The van der Waals surface area contributed by atoms with Crippen molar-refractivity contribution in [1.29, 1.82) is 0 Å². The Morgan fingerprint density at radius 3 is 2.46 bits per heavy atom. The van der Waals surface area contributed by atoms with Crippen LogP contribution in [0.3, 0.4) is 0 Å². The van der Waals surface area contributed by atoms with Gasteiger partial charge in [-0.05, 0) is 28.8 Å². The summed E-state index contributed by atoms with van der Waals surface area (Å²) in [5.74, 6) is 2.38. The Morgan fingerprint density at radius 1 is 0.923 bits per heavy atom. The number of fused-ring (bicyclic) bond motifs is 1. The molecule has 0 bridgehead atoms. The third kappa shape index (κ3) is 1.52. The first-order chi connectivity index (χ1) is 6.40. The molecule has 2 aromatic carbocycles. The Balaban J connectivity index is 2.66. The van der Waals surface area contributed by atoms with Crippen LogP contribution < -0.4 is 0 Å². The predicted octanol–water partition coefficient (Wildman–Crippen LogP) is 3.12. The van der Waals surface area contributed by atoms with Gasteiger partial charge in [-0.25, -0.2) is 0 Å². The summed E-state index contributed by atoms with van der Waals surface area (Å²) in [5, 5.41) is 2.23. The minimum Gasteiger partial charge on any atom is -0.144 e. The molecule has 0 aliphatic rings. The lowest BCUT2D eigenvalue weighted by Gasteiger charge is -1.96. The zero-order valence-electron chi connectivity index (χ0n) is 6.92. The molecule has 2 rings (SSSR count). The summed E-state index contributed by atoms with van der Waals surface area (Å²) in [4.78, 5) is 0. The van der Waals surface area contributed by atoms with E-state index < -0.39 is 0 Å². The highest BCUT2D eigenvalue weighted by atomic mass is 19.1. The van der Waals surface area contributed by atoms with Gasteiger partial charge in [0.05, 0.1) is 0 Å². The van der Waals surface area contributed by atoms with E-state index in [-0.39, 0.29) is 0 Å². The van der Waals surface area contributed by atoms with Gasteiger partial charge in [-0.15, -0.1) is 4.39 Å². The molecule has 0 aliphatic carbocycles. The van der Waals surface area contributed by atoms with Gasteiger partial charge in [0.2, 0.25) is 0 Å². The third-order valence-corrected chi connectivity index (χ3v) is 1.94. The zero-order chi connectivity index (χ0) is 9.10. The Morgan fingerprint density at radius 2 is 1.69 bits per heavy atom. The summed E-state index contributed by atoms with van der Waals surface area (Å²) in [6.45, 7) is 0.